The summed E-state index contributed by atoms with van der Waals surface area (Å²) in [6, 6.07) is 21.0. The quantitative estimate of drug-likeness (QED) is 0.769. The van der Waals surface area contributed by atoms with Gasteiger partial charge in [-0.05, 0) is 31.5 Å². The van der Waals surface area contributed by atoms with E-state index in [2.05, 4.69) is 10.3 Å². The number of hydrogen-bond acceptors (Lipinski definition) is 4. The van der Waals surface area contributed by atoms with E-state index in [1.807, 2.05) is 74.5 Å². The molecule has 1 aliphatic heterocycles. The standard InChI is InChI=1S/C22H22N2O3/c1-22(2)26-14-19(20(27-22)16-9-4-3-5-10-16)24-21(25)18-13-12-15-8-6-7-11-17(15)23-18/h3-13,19-20H,14H2,1-2H3,(H,24,25). The van der Waals surface area contributed by atoms with Crippen molar-refractivity contribution in [3.05, 3.63) is 78.0 Å². The van der Waals surface area contributed by atoms with Gasteiger partial charge >= 0.3 is 0 Å². The Morgan fingerprint density at radius 2 is 1.78 bits per heavy atom. The fraction of sp³-hybridized carbons (Fsp3) is 0.273. The Balaban J connectivity index is 1.57. The molecule has 1 aromatic heterocycles. The van der Waals surface area contributed by atoms with Gasteiger partial charge in [-0.1, -0.05) is 54.6 Å². The Bertz CT molecular complexity index is 956. The van der Waals surface area contributed by atoms with Crippen LogP contribution in [0.5, 0.6) is 0 Å². The molecule has 1 saturated heterocycles. The summed E-state index contributed by atoms with van der Waals surface area (Å²) in [4.78, 5) is 17.3. The van der Waals surface area contributed by atoms with Crippen LogP contribution in [0.3, 0.4) is 0 Å². The van der Waals surface area contributed by atoms with Crippen LogP contribution in [0, 0.1) is 0 Å². The molecular formula is C22H22N2O3. The fourth-order valence-corrected chi connectivity index (χ4v) is 3.30. The van der Waals surface area contributed by atoms with Crippen LogP contribution >= 0.6 is 0 Å². The van der Waals surface area contributed by atoms with Gasteiger partial charge in [0.1, 0.15) is 11.8 Å². The summed E-state index contributed by atoms with van der Waals surface area (Å²) in [5, 5.41) is 4.04. The average Bonchev–Trinajstić information content (AvgIpc) is 2.69. The summed E-state index contributed by atoms with van der Waals surface area (Å²) in [5.41, 5.74) is 2.18. The number of hydrogen-bond donors (Lipinski definition) is 1. The van der Waals surface area contributed by atoms with Gasteiger partial charge in [-0.15, -0.1) is 0 Å². The van der Waals surface area contributed by atoms with Crippen LogP contribution in [0.2, 0.25) is 0 Å². The Hall–Kier alpha value is -2.76. The molecule has 0 spiro atoms. The first-order valence-corrected chi connectivity index (χ1v) is 9.05. The van der Waals surface area contributed by atoms with Crippen molar-refractivity contribution >= 4 is 16.8 Å². The molecule has 2 atom stereocenters. The van der Waals surface area contributed by atoms with Crippen molar-refractivity contribution in [3.8, 4) is 0 Å². The molecule has 1 fully saturated rings. The Labute approximate surface area is 158 Å². The molecule has 1 aliphatic rings. The monoisotopic (exact) mass is 362 g/mol. The van der Waals surface area contributed by atoms with E-state index in [-0.39, 0.29) is 18.1 Å². The second-order valence-electron chi connectivity index (χ2n) is 7.13. The third-order valence-corrected chi connectivity index (χ3v) is 4.66. The van der Waals surface area contributed by atoms with E-state index in [0.717, 1.165) is 16.5 Å². The third-order valence-electron chi connectivity index (χ3n) is 4.66. The zero-order valence-corrected chi connectivity index (χ0v) is 15.4. The Kier molecular flexibility index (Phi) is 4.64. The molecule has 1 N–H and O–H groups in total. The van der Waals surface area contributed by atoms with Crippen molar-refractivity contribution in [3.63, 3.8) is 0 Å². The summed E-state index contributed by atoms with van der Waals surface area (Å²) in [5.74, 6) is -0.943. The molecule has 5 heteroatoms. The van der Waals surface area contributed by atoms with Gasteiger partial charge in [0.15, 0.2) is 5.79 Å². The van der Waals surface area contributed by atoms with Crippen molar-refractivity contribution in [2.45, 2.75) is 31.8 Å². The molecule has 3 aromatic rings. The zero-order chi connectivity index (χ0) is 18.9. The predicted octanol–water partition coefficient (Wildman–Crippen LogP) is 3.86. The first-order chi connectivity index (χ1) is 13.0. The third kappa shape index (κ3) is 3.84. The first kappa shape index (κ1) is 17.6. The van der Waals surface area contributed by atoms with Gasteiger partial charge in [-0.3, -0.25) is 4.79 Å². The van der Waals surface area contributed by atoms with E-state index in [1.165, 1.54) is 0 Å². The number of ether oxygens (including phenoxy) is 2. The van der Waals surface area contributed by atoms with E-state index in [1.54, 1.807) is 6.07 Å². The highest BCUT2D eigenvalue weighted by atomic mass is 16.7. The maximum atomic E-state index is 12.8. The largest absolute Gasteiger partial charge is 0.348 e. The van der Waals surface area contributed by atoms with Crippen LogP contribution in [0.4, 0.5) is 0 Å². The Morgan fingerprint density at radius 3 is 2.59 bits per heavy atom. The van der Waals surface area contributed by atoms with Crippen LogP contribution in [-0.4, -0.2) is 29.3 Å². The van der Waals surface area contributed by atoms with Gasteiger partial charge in [-0.2, -0.15) is 0 Å². The van der Waals surface area contributed by atoms with Crippen LogP contribution < -0.4 is 5.32 Å². The number of carbonyl (C=O) groups is 1. The highest BCUT2D eigenvalue weighted by Crippen LogP contribution is 2.33. The molecule has 0 bridgehead atoms. The molecular weight excluding hydrogens is 340 g/mol. The summed E-state index contributed by atoms with van der Waals surface area (Å²) >= 11 is 0. The average molecular weight is 362 g/mol. The number of para-hydroxylation sites is 1. The van der Waals surface area contributed by atoms with E-state index in [4.69, 9.17) is 9.47 Å². The number of benzene rings is 2. The molecule has 2 heterocycles. The molecule has 4 rings (SSSR count). The first-order valence-electron chi connectivity index (χ1n) is 9.05. The van der Waals surface area contributed by atoms with Crippen molar-refractivity contribution in [1.29, 1.82) is 0 Å². The highest BCUT2D eigenvalue weighted by Gasteiger charge is 2.38. The Morgan fingerprint density at radius 1 is 1.04 bits per heavy atom. The summed E-state index contributed by atoms with van der Waals surface area (Å²) in [7, 11) is 0. The van der Waals surface area contributed by atoms with Crippen LogP contribution in [0.15, 0.2) is 66.7 Å². The maximum Gasteiger partial charge on any atom is 0.270 e. The number of amides is 1. The predicted molar refractivity (Wildman–Crippen MR) is 103 cm³/mol. The lowest BCUT2D eigenvalue weighted by Gasteiger charge is -2.41. The topological polar surface area (TPSA) is 60.5 Å². The SMILES string of the molecule is CC1(C)OCC(NC(=O)c2ccc3ccccc3n2)C(c2ccccc2)O1. The van der Waals surface area contributed by atoms with E-state index >= 15 is 0 Å². The zero-order valence-electron chi connectivity index (χ0n) is 15.4. The second-order valence-corrected chi connectivity index (χ2v) is 7.13. The number of nitrogens with zero attached hydrogens (tertiary/aromatic N) is 1. The van der Waals surface area contributed by atoms with Crippen LogP contribution in [0.25, 0.3) is 10.9 Å². The van der Waals surface area contributed by atoms with E-state index < -0.39 is 5.79 Å². The van der Waals surface area contributed by atoms with Crippen LogP contribution in [-0.2, 0) is 9.47 Å². The molecule has 5 nitrogen and oxygen atoms in total. The number of fused-ring (bicyclic) bond motifs is 1. The highest BCUT2D eigenvalue weighted by molar-refractivity contribution is 5.95. The molecule has 0 aliphatic carbocycles. The lowest BCUT2D eigenvalue weighted by atomic mass is 10.0. The minimum Gasteiger partial charge on any atom is -0.348 e. The minimum atomic E-state index is -0.705. The normalized spacial score (nSPS) is 21.7. The van der Waals surface area contributed by atoms with Gasteiger partial charge in [0, 0.05) is 5.39 Å². The number of nitrogens with one attached hydrogen (secondary N) is 1. The fourth-order valence-electron chi connectivity index (χ4n) is 3.30. The molecule has 0 saturated carbocycles. The van der Waals surface area contributed by atoms with Gasteiger partial charge < -0.3 is 14.8 Å². The molecule has 2 aromatic carbocycles. The molecule has 1 amide bonds. The summed E-state index contributed by atoms with van der Waals surface area (Å²) < 4.78 is 11.9. The molecule has 2 unspecified atom stereocenters. The van der Waals surface area contributed by atoms with Crippen LogP contribution in [0.1, 0.15) is 36.0 Å². The maximum absolute atomic E-state index is 12.8. The van der Waals surface area contributed by atoms with Crippen molar-refractivity contribution in [2.75, 3.05) is 6.61 Å². The molecule has 138 valence electrons. The van der Waals surface area contributed by atoms with Gasteiger partial charge in [0.05, 0.1) is 18.2 Å². The van der Waals surface area contributed by atoms with Crippen molar-refractivity contribution in [2.24, 2.45) is 0 Å². The van der Waals surface area contributed by atoms with Gasteiger partial charge in [0.2, 0.25) is 0 Å². The number of pyridine rings is 1. The number of carbonyl (C=O) groups excluding carboxylic acids is 1. The lowest BCUT2D eigenvalue weighted by Crippen LogP contribution is -2.52. The van der Waals surface area contributed by atoms with Crippen molar-refractivity contribution in [1.82, 2.24) is 10.3 Å². The van der Waals surface area contributed by atoms with E-state index in [9.17, 15) is 4.79 Å². The second kappa shape index (κ2) is 7.10. The van der Waals surface area contributed by atoms with Gasteiger partial charge in [-0.25, -0.2) is 4.98 Å². The molecule has 27 heavy (non-hydrogen) atoms. The summed E-state index contributed by atoms with van der Waals surface area (Å²) in [6.45, 7) is 4.13. The smallest absolute Gasteiger partial charge is 0.270 e. The lowest BCUT2D eigenvalue weighted by molar-refractivity contribution is -0.284. The van der Waals surface area contributed by atoms with E-state index in [0.29, 0.717) is 12.3 Å². The van der Waals surface area contributed by atoms with Crippen molar-refractivity contribution < 1.29 is 14.3 Å². The number of aromatic nitrogens is 1. The molecule has 0 radical (unpaired) electrons. The van der Waals surface area contributed by atoms with Gasteiger partial charge in [0.25, 0.3) is 5.91 Å². The summed E-state index contributed by atoms with van der Waals surface area (Å²) in [6.07, 6.45) is -0.292. The number of rotatable bonds is 3. The minimum absolute atomic E-state index is 0.237.